The summed E-state index contributed by atoms with van der Waals surface area (Å²) in [6.45, 7) is 14.7. The predicted molar refractivity (Wildman–Crippen MR) is 143 cm³/mol. The number of piperazine rings is 1. The number of para-hydroxylation sites is 1. The Morgan fingerprint density at radius 2 is 1.74 bits per heavy atom. The fourth-order valence-electron chi connectivity index (χ4n) is 6.75. The summed E-state index contributed by atoms with van der Waals surface area (Å²) in [7, 11) is 0. The highest BCUT2D eigenvalue weighted by Gasteiger charge is 2.54. The molecular formula is C30H41N3O2. The first-order valence-corrected chi connectivity index (χ1v) is 13.5. The first-order chi connectivity index (χ1) is 16.9. The molecule has 0 radical (unpaired) electrons. The van der Waals surface area contributed by atoms with Crippen LogP contribution in [0, 0.1) is 23.2 Å². The highest BCUT2D eigenvalue weighted by Crippen LogP contribution is 2.59. The van der Waals surface area contributed by atoms with Gasteiger partial charge in [0.25, 0.3) is 0 Å². The Hall–Kier alpha value is -2.53. The van der Waals surface area contributed by atoms with E-state index in [2.05, 4.69) is 60.2 Å². The predicted octanol–water partition coefficient (Wildman–Crippen LogP) is 5.67. The zero-order valence-corrected chi connectivity index (χ0v) is 21.8. The lowest BCUT2D eigenvalue weighted by atomic mass is 9.68. The summed E-state index contributed by atoms with van der Waals surface area (Å²) in [5, 5.41) is 3.98. The maximum atomic E-state index is 11.9. The molecule has 5 nitrogen and oxygen atoms in total. The Morgan fingerprint density at radius 3 is 2.40 bits per heavy atom. The maximum Gasteiger partial charge on any atom is 0.338 e. The third-order valence-corrected chi connectivity index (χ3v) is 9.35. The Bertz CT molecular complexity index is 1020. The molecule has 3 fully saturated rings. The van der Waals surface area contributed by atoms with Crippen LogP contribution in [0.2, 0.25) is 0 Å². The van der Waals surface area contributed by atoms with Crippen LogP contribution < -0.4 is 10.2 Å². The number of esters is 1. The quantitative estimate of drug-likeness (QED) is 0.523. The van der Waals surface area contributed by atoms with Gasteiger partial charge in [0, 0.05) is 50.1 Å². The van der Waals surface area contributed by atoms with Gasteiger partial charge >= 0.3 is 5.97 Å². The van der Waals surface area contributed by atoms with E-state index >= 15 is 0 Å². The van der Waals surface area contributed by atoms with Crippen LogP contribution in [-0.4, -0.2) is 49.7 Å². The van der Waals surface area contributed by atoms with E-state index in [9.17, 15) is 4.79 Å². The van der Waals surface area contributed by atoms with E-state index in [1.807, 2.05) is 31.2 Å². The van der Waals surface area contributed by atoms with Crippen LogP contribution in [0.15, 0.2) is 48.5 Å². The minimum atomic E-state index is -0.250. The lowest BCUT2D eigenvalue weighted by Gasteiger charge is -2.41. The van der Waals surface area contributed by atoms with Gasteiger partial charge in [-0.1, -0.05) is 39.0 Å². The van der Waals surface area contributed by atoms with Gasteiger partial charge in [0.1, 0.15) is 0 Å². The van der Waals surface area contributed by atoms with E-state index in [0.29, 0.717) is 23.6 Å². The summed E-state index contributed by atoms with van der Waals surface area (Å²) in [5.41, 5.74) is 5.02. The van der Waals surface area contributed by atoms with Crippen LogP contribution in [0.5, 0.6) is 0 Å². The minimum Gasteiger partial charge on any atom is -0.462 e. The molecule has 35 heavy (non-hydrogen) atoms. The van der Waals surface area contributed by atoms with Crippen LogP contribution in [0.4, 0.5) is 11.4 Å². The Balaban J connectivity index is 1.17. The molecule has 5 rings (SSSR count). The van der Waals surface area contributed by atoms with E-state index in [1.165, 1.54) is 29.8 Å². The first-order valence-electron chi connectivity index (χ1n) is 13.5. The number of hydrogen-bond donors (Lipinski definition) is 1. The number of nitrogens with zero attached hydrogens (tertiary/aromatic N) is 2. The van der Waals surface area contributed by atoms with Gasteiger partial charge in [0.05, 0.1) is 12.2 Å². The second-order valence-electron chi connectivity index (χ2n) is 11.4. The van der Waals surface area contributed by atoms with Gasteiger partial charge in [-0.3, -0.25) is 4.90 Å². The second kappa shape index (κ2) is 9.85. The van der Waals surface area contributed by atoms with Gasteiger partial charge < -0.3 is 15.0 Å². The molecule has 2 aromatic rings. The van der Waals surface area contributed by atoms with Crippen molar-refractivity contribution in [2.45, 2.75) is 53.1 Å². The molecule has 2 aliphatic carbocycles. The fraction of sp³-hybridized carbons (Fsp3) is 0.567. The summed E-state index contributed by atoms with van der Waals surface area (Å²) < 4.78 is 5.10. The molecule has 1 saturated heterocycles. The van der Waals surface area contributed by atoms with Crippen molar-refractivity contribution < 1.29 is 9.53 Å². The number of ether oxygens (including phenoxy) is 1. The highest BCUT2D eigenvalue weighted by atomic mass is 16.5. The largest absolute Gasteiger partial charge is 0.462 e. The maximum absolute atomic E-state index is 11.9. The summed E-state index contributed by atoms with van der Waals surface area (Å²) in [6.07, 6.45) is 2.70. The molecule has 1 N–H and O–H groups in total. The molecule has 188 valence electrons. The first kappa shape index (κ1) is 24.2. The van der Waals surface area contributed by atoms with Crippen molar-refractivity contribution in [2.75, 3.05) is 43.0 Å². The van der Waals surface area contributed by atoms with Crippen LogP contribution in [0.3, 0.4) is 0 Å². The standard InChI is InChI=1S/C30H41N3O2/c1-5-35-29(34)22-10-12-25(13-11-22)33-16-14-32(15-17-33)20-23-8-6-7-9-27(23)31-28-19-24-18-26(28)21(2)30(24,3)4/h6-13,21,24,26,28,31H,5,14-20H2,1-4H3/t21-,24+,26+,28?/m0/s1. The monoisotopic (exact) mass is 475 g/mol. The molecule has 4 atom stereocenters. The molecule has 1 unspecified atom stereocenters. The lowest BCUT2D eigenvalue weighted by molar-refractivity contribution is 0.0526. The lowest BCUT2D eigenvalue weighted by Crippen LogP contribution is -2.46. The fourth-order valence-corrected chi connectivity index (χ4v) is 6.75. The van der Waals surface area contributed by atoms with Gasteiger partial charge in [0.2, 0.25) is 0 Å². The van der Waals surface area contributed by atoms with Gasteiger partial charge in [-0.25, -0.2) is 4.79 Å². The Morgan fingerprint density at radius 1 is 1.03 bits per heavy atom. The molecule has 1 aliphatic heterocycles. The average Bonchev–Trinajstić information content (AvgIpc) is 3.38. The van der Waals surface area contributed by atoms with E-state index in [0.717, 1.165) is 50.5 Å². The molecule has 1 heterocycles. The molecule has 0 spiro atoms. The number of benzene rings is 2. The summed E-state index contributed by atoms with van der Waals surface area (Å²) >= 11 is 0. The van der Waals surface area contributed by atoms with Crippen molar-refractivity contribution in [3.05, 3.63) is 59.7 Å². The van der Waals surface area contributed by atoms with E-state index in [4.69, 9.17) is 4.74 Å². The second-order valence-corrected chi connectivity index (χ2v) is 11.4. The summed E-state index contributed by atoms with van der Waals surface area (Å²) in [5.74, 6) is 2.18. The summed E-state index contributed by atoms with van der Waals surface area (Å²) in [6, 6.07) is 17.4. The number of carbonyl (C=O) groups excluding carboxylic acids is 1. The minimum absolute atomic E-state index is 0.250. The van der Waals surface area contributed by atoms with Crippen LogP contribution in [0.1, 0.15) is 56.5 Å². The van der Waals surface area contributed by atoms with Gasteiger partial charge in [-0.15, -0.1) is 0 Å². The van der Waals surface area contributed by atoms with Gasteiger partial charge in [-0.2, -0.15) is 0 Å². The van der Waals surface area contributed by atoms with Crippen molar-refractivity contribution in [2.24, 2.45) is 23.2 Å². The molecule has 2 aromatic carbocycles. The van der Waals surface area contributed by atoms with Crippen molar-refractivity contribution in [1.29, 1.82) is 0 Å². The molecule has 2 bridgehead atoms. The number of nitrogens with one attached hydrogen (secondary N) is 1. The average molecular weight is 476 g/mol. The van der Waals surface area contributed by atoms with Crippen molar-refractivity contribution in [1.82, 2.24) is 4.90 Å². The Kier molecular flexibility index (Phi) is 6.80. The molecule has 3 aliphatic rings. The molecular weight excluding hydrogens is 434 g/mol. The van der Waals surface area contributed by atoms with Gasteiger partial charge in [0.15, 0.2) is 0 Å². The van der Waals surface area contributed by atoms with E-state index in [-0.39, 0.29) is 5.97 Å². The van der Waals surface area contributed by atoms with Crippen LogP contribution >= 0.6 is 0 Å². The smallest absolute Gasteiger partial charge is 0.338 e. The SMILES string of the molecule is CCOC(=O)c1ccc(N2CCN(Cc3ccccc3NC3C[C@H]4C[C@@H]3[C@H](C)C4(C)C)CC2)cc1. The molecule has 2 saturated carbocycles. The Labute approximate surface area is 210 Å². The number of carbonyl (C=O) groups is 1. The van der Waals surface area contributed by atoms with Crippen LogP contribution in [-0.2, 0) is 11.3 Å². The van der Waals surface area contributed by atoms with Crippen molar-refractivity contribution in [3.8, 4) is 0 Å². The highest BCUT2D eigenvalue weighted by molar-refractivity contribution is 5.89. The third-order valence-electron chi connectivity index (χ3n) is 9.35. The zero-order valence-electron chi connectivity index (χ0n) is 21.8. The number of anilines is 2. The number of hydrogen-bond acceptors (Lipinski definition) is 5. The van der Waals surface area contributed by atoms with Crippen LogP contribution in [0.25, 0.3) is 0 Å². The van der Waals surface area contributed by atoms with Crippen molar-refractivity contribution in [3.63, 3.8) is 0 Å². The van der Waals surface area contributed by atoms with Crippen molar-refractivity contribution >= 4 is 17.3 Å². The zero-order chi connectivity index (χ0) is 24.6. The number of rotatable bonds is 7. The molecule has 5 heteroatoms. The molecule has 0 amide bonds. The van der Waals surface area contributed by atoms with E-state index in [1.54, 1.807) is 0 Å². The normalized spacial score (nSPS) is 27.7. The van der Waals surface area contributed by atoms with E-state index < -0.39 is 0 Å². The number of fused-ring (bicyclic) bond motifs is 2. The topological polar surface area (TPSA) is 44.8 Å². The summed E-state index contributed by atoms with van der Waals surface area (Å²) in [4.78, 5) is 16.9. The molecule has 0 aromatic heterocycles. The van der Waals surface area contributed by atoms with Gasteiger partial charge in [-0.05, 0) is 78.8 Å². The third kappa shape index (κ3) is 4.80.